The van der Waals surface area contributed by atoms with Crippen molar-refractivity contribution in [3.05, 3.63) is 59.4 Å². The van der Waals surface area contributed by atoms with E-state index in [-0.39, 0.29) is 11.9 Å². The molecule has 1 aliphatic heterocycles. The largest absolute Gasteiger partial charge is 0.480 e. The minimum Gasteiger partial charge on any atom is -0.480 e. The molecule has 0 aliphatic carbocycles. The number of amides is 1. The van der Waals surface area contributed by atoms with Crippen LogP contribution in [0.1, 0.15) is 46.4 Å². The number of ether oxygens (including phenoxy) is 1. The summed E-state index contributed by atoms with van der Waals surface area (Å²) in [5.41, 5.74) is 3.88. The number of carbonyl (C=O) groups is 1. The molecule has 1 atom stereocenters. The highest BCUT2D eigenvalue weighted by Gasteiger charge is 2.32. The normalized spacial score (nSPS) is 16.4. The van der Waals surface area contributed by atoms with Gasteiger partial charge in [-0.05, 0) is 44.4 Å². The van der Waals surface area contributed by atoms with Crippen LogP contribution in [0.5, 0.6) is 5.88 Å². The zero-order valence-electron chi connectivity index (χ0n) is 16.2. The van der Waals surface area contributed by atoms with Crippen molar-refractivity contribution in [3.8, 4) is 17.0 Å². The summed E-state index contributed by atoms with van der Waals surface area (Å²) in [7, 11) is 1.58. The lowest BCUT2D eigenvalue weighted by Crippen LogP contribution is -2.30. The second-order valence-corrected chi connectivity index (χ2v) is 6.94. The number of aromatic nitrogens is 3. The van der Waals surface area contributed by atoms with Gasteiger partial charge in [0.05, 0.1) is 24.4 Å². The van der Waals surface area contributed by atoms with Crippen molar-refractivity contribution in [1.29, 1.82) is 0 Å². The maximum atomic E-state index is 13.3. The summed E-state index contributed by atoms with van der Waals surface area (Å²) < 4.78 is 10.6. The number of hydrogen-bond donors (Lipinski definition) is 0. The molecule has 1 amide bonds. The maximum absolute atomic E-state index is 13.3. The van der Waals surface area contributed by atoms with Crippen LogP contribution in [0.15, 0.2) is 41.2 Å². The second kappa shape index (κ2) is 7.42. The minimum absolute atomic E-state index is 0.0153. The van der Waals surface area contributed by atoms with E-state index in [4.69, 9.17) is 9.26 Å². The summed E-state index contributed by atoms with van der Waals surface area (Å²) in [5.74, 6) is 1.23. The Morgan fingerprint density at radius 1 is 1.25 bits per heavy atom. The molecule has 7 heteroatoms. The lowest BCUT2D eigenvalue weighted by atomic mass is 10.0. The first-order valence-electron chi connectivity index (χ1n) is 9.28. The van der Waals surface area contributed by atoms with Gasteiger partial charge in [0.2, 0.25) is 5.88 Å². The van der Waals surface area contributed by atoms with Crippen LogP contribution in [0.3, 0.4) is 0 Å². The fourth-order valence-electron chi connectivity index (χ4n) is 3.77. The van der Waals surface area contributed by atoms with E-state index in [1.54, 1.807) is 7.11 Å². The molecule has 0 bridgehead atoms. The lowest BCUT2D eigenvalue weighted by molar-refractivity contribution is 0.0731. The number of aryl methyl sites for hydroxylation is 2. The molecule has 28 heavy (non-hydrogen) atoms. The van der Waals surface area contributed by atoms with E-state index in [0.29, 0.717) is 18.0 Å². The van der Waals surface area contributed by atoms with Crippen molar-refractivity contribution in [1.82, 2.24) is 20.0 Å². The third-order valence-corrected chi connectivity index (χ3v) is 5.09. The molecular formula is C21H22N4O3. The molecule has 3 aromatic rings. The quantitative estimate of drug-likeness (QED) is 0.688. The van der Waals surface area contributed by atoms with Crippen molar-refractivity contribution in [2.45, 2.75) is 32.7 Å². The summed E-state index contributed by atoms with van der Waals surface area (Å²) >= 11 is 0. The fourth-order valence-corrected chi connectivity index (χ4v) is 3.77. The Bertz CT molecular complexity index is 1010. The van der Waals surface area contributed by atoms with Gasteiger partial charge >= 0.3 is 0 Å². The highest BCUT2D eigenvalue weighted by molar-refractivity contribution is 5.96. The van der Waals surface area contributed by atoms with Crippen LogP contribution >= 0.6 is 0 Å². The fraction of sp³-hybridized carbons (Fsp3) is 0.333. The third kappa shape index (κ3) is 3.24. The topological polar surface area (TPSA) is 81.4 Å². The first kappa shape index (κ1) is 18.2. The Balaban J connectivity index is 1.67. The number of likely N-dealkylation sites (tertiary alicyclic amines) is 1. The van der Waals surface area contributed by atoms with Crippen LogP contribution in [0, 0.1) is 13.8 Å². The summed E-state index contributed by atoms with van der Waals surface area (Å²) in [6, 6.07) is 9.38. The predicted octanol–water partition coefficient (Wildman–Crippen LogP) is 3.73. The number of nitrogens with zero attached hydrogens (tertiary/aromatic N) is 4. The number of hydrogen-bond acceptors (Lipinski definition) is 6. The Hall–Kier alpha value is -3.22. The van der Waals surface area contributed by atoms with E-state index in [9.17, 15) is 4.79 Å². The van der Waals surface area contributed by atoms with Gasteiger partial charge in [0.1, 0.15) is 17.8 Å². The van der Waals surface area contributed by atoms with Gasteiger partial charge in [-0.25, -0.2) is 9.97 Å². The zero-order chi connectivity index (χ0) is 19.7. The van der Waals surface area contributed by atoms with Gasteiger partial charge in [0.15, 0.2) is 0 Å². The highest BCUT2D eigenvalue weighted by atomic mass is 16.5. The molecule has 3 heterocycles. The molecule has 4 rings (SSSR count). The van der Waals surface area contributed by atoms with Gasteiger partial charge < -0.3 is 14.2 Å². The molecule has 2 aromatic heterocycles. The van der Waals surface area contributed by atoms with Gasteiger partial charge in [0, 0.05) is 18.2 Å². The number of carbonyl (C=O) groups excluding carboxylic acids is 1. The van der Waals surface area contributed by atoms with Crippen LogP contribution in [-0.4, -0.2) is 39.6 Å². The van der Waals surface area contributed by atoms with Gasteiger partial charge in [-0.2, -0.15) is 0 Å². The second-order valence-electron chi connectivity index (χ2n) is 6.94. The standard InChI is InChI=1S/C21H22N4O3/c1-13-10-17(24-28-13)18-8-5-9-25(18)21(26)16-7-4-6-15(11-16)19-14(2)22-12-23-20(19)27-3/h4,6-7,10-12,18H,5,8-9H2,1-3H3. The summed E-state index contributed by atoms with van der Waals surface area (Å²) in [4.78, 5) is 23.6. The van der Waals surface area contributed by atoms with Crippen LogP contribution in [0.2, 0.25) is 0 Å². The summed E-state index contributed by atoms with van der Waals surface area (Å²) in [6.07, 6.45) is 3.31. The molecular weight excluding hydrogens is 356 g/mol. The zero-order valence-corrected chi connectivity index (χ0v) is 16.2. The van der Waals surface area contributed by atoms with E-state index in [2.05, 4.69) is 15.1 Å². The van der Waals surface area contributed by atoms with Crippen molar-refractivity contribution in [2.75, 3.05) is 13.7 Å². The third-order valence-electron chi connectivity index (χ3n) is 5.09. The molecule has 1 aliphatic rings. The van der Waals surface area contributed by atoms with Gasteiger partial charge in [-0.3, -0.25) is 4.79 Å². The first-order valence-corrected chi connectivity index (χ1v) is 9.28. The van der Waals surface area contributed by atoms with E-state index in [1.807, 2.05) is 49.1 Å². The Kier molecular flexibility index (Phi) is 4.81. The molecule has 144 valence electrons. The van der Waals surface area contributed by atoms with E-state index in [1.165, 1.54) is 6.33 Å². The highest BCUT2D eigenvalue weighted by Crippen LogP contribution is 2.34. The van der Waals surface area contributed by atoms with E-state index in [0.717, 1.165) is 41.1 Å². The molecule has 0 radical (unpaired) electrons. The Labute approximate surface area is 163 Å². The van der Waals surface area contributed by atoms with Crippen molar-refractivity contribution in [2.24, 2.45) is 0 Å². The van der Waals surface area contributed by atoms with Gasteiger partial charge in [-0.1, -0.05) is 17.3 Å². The summed E-state index contributed by atoms with van der Waals surface area (Å²) in [6.45, 7) is 4.46. The minimum atomic E-state index is -0.0510. The predicted molar refractivity (Wildman–Crippen MR) is 103 cm³/mol. The molecule has 0 spiro atoms. The monoisotopic (exact) mass is 378 g/mol. The molecule has 1 unspecified atom stereocenters. The number of methoxy groups -OCH3 is 1. The van der Waals surface area contributed by atoms with E-state index >= 15 is 0 Å². The van der Waals surface area contributed by atoms with Crippen molar-refractivity contribution in [3.63, 3.8) is 0 Å². The van der Waals surface area contributed by atoms with Crippen LogP contribution in [0.25, 0.3) is 11.1 Å². The molecule has 0 N–H and O–H groups in total. The van der Waals surface area contributed by atoms with Crippen molar-refractivity contribution >= 4 is 5.91 Å². The first-order chi connectivity index (χ1) is 13.6. The van der Waals surface area contributed by atoms with Crippen LogP contribution in [-0.2, 0) is 0 Å². The van der Waals surface area contributed by atoms with Crippen LogP contribution < -0.4 is 4.74 Å². The van der Waals surface area contributed by atoms with Crippen molar-refractivity contribution < 1.29 is 14.1 Å². The van der Waals surface area contributed by atoms with Gasteiger partial charge in [0.25, 0.3) is 5.91 Å². The number of rotatable bonds is 4. The molecule has 1 saturated heterocycles. The van der Waals surface area contributed by atoms with Crippen LogP contribution in [0.4, 0.5) is 0 Å². The molecule has 1 fully saturated rings. The lowest BCUT2D eigenvalue weighted by Gasteiger charge is -2.23. The molecule has 1 aromatic carbocycles. The van der Waals surface area contributed by atoms with Gasteiger partial charge in [-0.15, -0.1) is 0 Å². The molecule has 7 nitrogen and oxygen atoms in total. The smallest absolute Gasteiger partial charge is 0.254 e. The number of benzene rings is 1. The Morgan fingerprint density at radius 3 is 2.86 bits per heavy atom. The Morgan fingerprint density at radius 2 is 2.11 bits per heavy atom. The average Bonchev–Trinajstić information content (AvgIpc) is 3.36. The average molecular weight is 378 g/mol. The summed E-state index contributed by atoms with van der Waals surface area (Å²) in [5, 5.41) is 4.12. The van der Waals surface area contributed by atoms with E-state index < -0.39 is 0 Å². The molecule has 0 saturated carbocycles. The SMILES string of the molecule is COc1ncnc(C)c1-c1cccc(C(=O)N2CCCC2c2cc(C)on2)c1. The maximum Gasteiger partial charge on any atom is 0.254 e.